The van der Waals surface area contributed by atoms with E-state index in [0.717, 1.165) is 0 Å². The highest BCUT2D eigenvalue weighted by atomic mass is 16.6. The number of hydrogen-bond donors (Lipinski definition) is 2. The largest absolute Gasteiger partial charge is 0.394 e. The number of epoxide rings is 1. The van der Waals surface area contributed by atoms with Crippen LogP contribution in [-0.4, -0.2) is 35.1 Å². The minimum Gasteiger partial charge on any atom is -0.394 e. The van der Waals surface area contributed by atoms with E-state index < -0.39 is 6.10 Å². The zero-order valence-electron chi connectivity index (χ0n) is 5.73. The molecule has 1 aliphatic heterocycles. The highest BCUT2D eigenvalue weighted by Crippen LogP contribution is 2.26. The van der Waals surface area contributed by atoms with Gasteiger partial charge >= 0.3 is 0 Å². The van der Waals surface area contributed by atoms with Gasteiger partial charge in [0.15, 0.2) is 0 Å². The van der Waals surface area contributed by atoms with Crippen LogP contribution in [0.15, 0.2) is 12.7 Å². The molecule has 0 aromatic rings. The summed E-state index contributed by atoms with van der Waals surface area (Å²) >= 11 is 0. The van der Waals surface area contributed by atoms with Gasteiger partial charge in [-0.1, -0.05) is 6.08 Å². The number of ether oxygens (including phenoxy) is 1. The van der Waals surface area contributed by atoms with Gasteiger partial charge in [-0.3, -0.25) is 0 Å². The van der Waals surface area contributed by atoms with Gasteiger partial charge in [-0.25, -0.2) is 0 Å². The van der Waals surface area contributed by atoms with Crippen LogP contribution in [0.2, 0.25) is 0 Å². The molecule has 3 atom stereocenters. The predicted molar refractivity (Wildman–Crippen MR) is 36.6 cm³/mol. The van der Waals surface area contributed by atoms with E-state index in [0.29, 0.717) is 6.42 Å². The van der Waals surface area contributed by atoms with Crippen LogP contribution in [0.25, 0.3) is 0 Å². The number of hydrogen-bond acceptors (Lipinski definition) is 3. The van der Waals surface area contributed by atoms with Gasteiger partial charge in [0.1, 0.15) is 12.2 Å². The van der Waals surface area contributed by atoms with E-state index in [9.17, 15) is 5.11 Å². The fourth-order valence-electron chi connectivity index (χ4n) is 0.947. The average Bonchev–Trinajstić information content (AvgIpc) is 2.66. The average molecular weight is 144 g/mol. The Hall–Kier alpha value is -0.380. The second kappa shape index (κ2) is 3.14. The molecule has 3 heteroatoms. The van der Waals surface area contributed by atoms with Gasteiger partial charge in [0.05, 0.1) is 12.7 Å². The fourth-order valence-corrected chi connectivity index (χ4v) is 0.947. The first-order valence-corrected chi connectivity index (χ1v) is 3.35. The van der Waals surface area contributed by atoms with Gasteiger partial charge in [-0.15, -0.1) is 6.58 Å². The topological polar surface area (TPSA) is 53.0 Å². The molecule has 0 aromatic heterocycles. The van der Waals surface area contributed by atoms with Crippen molar-refractivity contribution in [2.45, 2.75) is 24.7 Å². The minimum atomic E-state index is -0.491. The van der Waals surface area contributed by atoms with E-state index in [2.05, 4.69) is 6.58 Å². The van der Waals surface area contributed by atoms with E-state index in [-0.39, 0.29) is 18.8 Å². The smallest absolute Gasteiger partial charge is 0.113 e. The molecule has 58 valence electrons. The Balaban J connectivity index is 2.18. The Morgan fingerprint density at radius 3 is 2.80 bits per heavy atom. The first kappa shape index (κ1) is 7.72. The first-order chi connectivity index (χ1) is 4.79. The second-order valence-electron chi connectivity index (χ2n) is 2.41. The molecule has 0 aliphatic carbocycles. The lowest BCUT2D eigenvalue weighted by Gasteiger charge is -2.00. The summed E-state index contributed by atoms with van der Waals surface area (Å²) in [6.07, 6.45) is 1.37. The van der Waals surface area contributed by atoms with Crippen LogP contribution in [0, 0.1) is 0 Å². The van der Waals surface area contributed by atoms with Crippen molar-refractivity contribution in [3.05, 3.63) is 12.7 Å². The fraction of sp³-hybridized carbons (Fsp3) is 0.714. The first-order valence-electron chi connectivity index (χ1n) is 3.35. The molecule has 1 aliphatic rings. The Morgan fingerprint density at radius 2 is 2.40 bits per heavy atom. The molecular formula is C7H12O3. The monoisotopic (exact) mass is 144 g/mol. The van der Waals surface area contributed by atoms with Gasteiger partial charge in [0.25, 0.3) is 0 Å². The molecule has 3 nitrogen and oxygen atoms in total. The quantitative estimate of drug-likeness (QED) is 0.420. The Morgan fingerprint density at radius 1 is 1.70 bits per heavy atom. The van der Waals surface area contributed by atoms with E-state index in [1.165, 1.54) is 0 Å². The normalized spacial score (nSPS) is 33.4. The Labute approximate surface area is 59.9 Å². The molecule has 10 heavy (non-hydrogen) atoms. The van der Waals surface area contributed by atoms with Crippen molar-refractivity contribution in [3.8, 4) is 0 Å². The van der Waals surface area contributed by atoms with Gasteiger partial charge in [-0.2, -0.15) is 0 Å². The van der Waals surface area contributed by atoms with E-state index >= 15 is 0 Å². The molecule has 0 spiro atoms. The van der Waals surface area contributed by atoms with Crippen molar-refractivity contribution in [3.63, 3.8) is 0 Å². The zero-order valence-corrected chi connectivity index (χ0v) is 5.73. The number of aliphatic hydroxyl groups excluding tert-OH is 2. The van der Waals surface area contributed by atoms with Crippen LogP contribution < -0.4 is 0 Å². The second-order valence-corrected chi connectivity index (χ2v) is 2.41. The molecule has 0 saturated carbocycles. The van der Waals surface area contributed by atoms with Gasteiger partial charge in [-0.05, 0) is 6.42 Å². The van der Waals surface area contributed by atoms with Crippen molar-refractivity contribution in [1.82, 2.24) is 0 Å². The molecule has 1 rings (SSSR count). The molecule has 1 saturated heterocycles. The minimum absolute atomic E-state index is 0.00112. The van der Waals surface area contributed by atoms with Gasteiger partial charge in [0.2, 0.25) is 0 Å². The van der Waals surface area contributed by atoms with Crippen molar-refractivity contribution in [2.75, 3.05) is 6.61 Å². The van der Waals surface area contributed by atoms with Crippen LogP contribution in [0.4, 0.5) is 0 Å². The molecule has 0 radical (unpaired) electrons. The maximum Gasteiger partial charge on any atom is 0.113 e. The predicted octanol–water partition coefficient (Wildman–Crippen LogP) is -0.317. The summed E-state index contributed by atoms with van der Waals surface area (Å²) in [5.74, 6) is 0. The van der Waals surface area contributed by atoms with Crippen LogP contribution in [0.3, 0.4) is 0 Å². The Bertz CT molecular complexity index is 124. The summed E-state index contributed by atoms with van der Waals surface area (Å²) in [5.41, 5.74) is 0. The lowest BCUT2D eigenvalue weighted by atomic mass is 10.1. The molecule has 0 bridgehead atoms. The van der Waals surface area contributed by atoms with Crippen LogP contribution in [-0.2, 0) is 4.74 Å². The number of rotatable bonds is 4. The van der Waals surface area contributed by atoms with Crippen LogP contribution in [0.1, 0.15) is 6.42 Å². The lowest BCUT2D eigenvalue weighted by molar-refractivity contribution is 0.138. The standard InChI is InChI=1S/C7H12O3/c1-2-3-5(9)7-6(4-8)10-7/h2,5-9H,1,3-4H2. The van der Waals surface area contributed by atoms with Gasteiger partial charge < -0.3 is 14.9 Å². The Kier molecular flexibility index (Phi) is 2.43. The van der Waals surface area contributed by atoms with Crippen molar-refractivity contribution >= 4 is 0 Å². The summed E-state index contributed by atoms with van der Waals surface area (Å²) < 4.78 is 4.93. The molecular weight excluding hydrogens is 132 g/mol. The summed E-state index contributed by atoms with van der Waals surface area (Å²) in [5, 5.41) is 17.7. The molecule has 1 fully saturated rings. The molecule has 1 heterocycles. The third-order valence-corrected chi connectivity index (χ3v) is 1.59. The third kappa shape index (κ3) is 1.56. The highest BCUT2D eigenvalue weighted by Gasteiger charge is 2.42. The maximum atomic E-state index is 9.18. The molecule has 0 amide bonds. The lowest BCUT2D eigenvalue weighted by Crippen LogP contribution is -2.16. The van der Waals surface area contributed by atoms with Crippen molar-refractivity contribution in [2.24, 2.45) is 0 Å². The van der Waals surface area contributed by atoms with E-state index in [4.69, 9.17) is 9.84 Å². The van der Waals surface area contributed by atoms with E-state index in [1.54, 1.807) is 6.08 Å². The number of aliphatic hydroxyl groups is 2. The van der Waals surface area contributed by atoms with E-state index in [1.807, 2.05) is 0 Å². The SMILES string of the molecule is C=CCC(O)C1OC1CO. The summed E-state index contributed by atoms with van der Waals surface area (Å²) in [4.78, 5) is 0. The summed E-state index contributed by atoms with van der Waals surface area (Å²) in [6.45, 7) is 3.48. The zero-order chi connectivity index (χ0) is 7.56. The maximum absolute atomic E-state index is 9.18. The van der Waals surface area contributed by atoms with Crippen molar-refractivity contribution < 1.29 is 14.9 Å². The highest BCUT2D eigenvalue weighted by molar-refractivity contribution is 4.92. The summed E-state index contributed by atoms with van der Waals surface area (Å²) in [6, 6.07) is 0. The van der Waals surface area contributed by atoms with Crippen LogP contribution in [0.5, 0.6) is 0 Å². The molecule has 2 N–H and O–H groups in total. The molecule has 0 aromatic carbocycles. The van der Waals surface area contributed by atoms with Gasteiger partial charge in [0, 0.05) is 0 Å². The van der Waals surface area contributed by atoms with Crippen molar-refractivity contribution in [1.29, 1.82) is 0 Å². The summed E-state index contributed by atoms with van der Waals surface area (Å²) in [7, 11) is 0. The molecule has 3 unspecified atom stereocenters. The van der Waals surface area contributed by atoms with Crippen LogP contribution >= 0.6 is 0 Å². The third-order valence-electron chi connectivity index (χ3n) is 1.59.